The van der Waals surface area contributed by atoms with Crippen LogP contribution in [0.25, 0.3) is 11.1 Å². The van der Waals surface area contributed by atoms with Crippen LogP contribution in [-0.4, -0.2) is 95.2 Å². The van der Waals surface area contributed by atoms with Crippen molar-refractivity contribution in [2.24, 2.45) is 0 Å². The molecule has 0 aromatic heterocycles. The number of fused-ring (bicyclic) bond motifs is 4. The summed E-state index contributed by atoms with van der Waals surface area (Å²) >= 11 is 0. The van der Waals surface area contributed by atoms with Gasteiger partial charge in [-0.15, -0.1) is 0 Å². The van der Waals surface area contributed by atoms with Gasteiger partial charge in [-0.2, -0.15) is 0 Å². The van der Waals surface area contributed by atoms with Crippen molar-refractivity contribution >= 4 is 23.1 Å². The number of benzene rings is 4. The lowest BCUT2D eigenvalue weighted by Gasteiger charge is -2.28. The van der Waals surface area contributed by atoms with E-state index in [1.807, 2.05) is 0 Å². The van der Waals surface area contributed by atoms with Crippen molar-refractivity contribution in [2.45, 2.75) is 38.4 Å². The summed E-state index contributed by atoms with van der Waals surface area (Å²) in [6.45, 7) is 2.33. The van der Waals surface area contributed by atoms with E-state index in [1.165, 1.54) is 38.1 Å². The number of ketones is 4. The average molecular weight is 671 g/mol. The van der Waals surface area contributed by atoms with Gasteiger partial charge < -0.3 is 50.3 Å². The highest BCUT2D eigenvalue weighted by atomic mass is 16.7. The topological polar surface area (TPSA) is 249 Å². The Hall–Kier alpha value is -5.80. The van der Waals surface area contributed by atoms with Crippen molar-refractivity contribution in [1.82, 2.24) is 0 Å². The maximum atomic E-state index is 14.4. The zero-order valence-electron chi connectivity index (χ0n) is 25.5. The van der Waals surface area contributed by atoms with E-state index >= 15 is 0 Å². The van der Waals surface area contributed by atoms with E-state index in [9.17, 15) is 60.0 Å². The summed E-state index contributed by atoms with van der Waals surface area (Å²) in [5.74, 6) is -8.39. The molecule has 7 rings (SSSR count). The number of carbonyl (C=O) groups excluding carboxylic acids is 4. The van der Waals surface area contributed by atoms with Gasteiger partial charge in [-0.05, 0) is 49.2 Å². The van der Waals surface area contributed by atoms with E-state index in [1.54, 1.807) is 0 Å². The van der Waals surface area contributed by atoms with Gasteiger partial charge in [0.2, 0.25) is 17.9 Å². The number of hydrogen-bond donors (Lipinski definition) is 8. The van der Waals surface area contributed by atoms with Gasteiger partial charge >= 0.3 is 0 Å². The number of phenolic OH excluding ortho intramolecular Hbond substituents is 5. The summed E-state index contributed by atoms with van der Waals surface area (Å²) in [5, 5.41) is 85.5. The molecule has 1 heterocycles. The fourth-order valence-electron chi connectivity index (χ4n) is 6.79. The number of ether oxygens (including phenoxy) is 2. The molecular weight excluding hydrogens is 644 g/mol. The van der Waals surface area contributed by atoms with E-state index in [0.717, 1.165) is 6.07 Å². The highest BCUT2D eigenvalue weighted by Gasteiger charge is 2.47. The highest BCUT2D eigenvalue weighted by Crippen LogP contribution is 2.53. The Labute approximate surface area is 275 Å². The Kier molecular flexibility index (Phi) is 7.05. The summed E-state index contributed by atoms with van der Waals surface area (Å²) in [6, 6.07) is 6.55. The third-order valence-corrected chi connectivity index (χ3v) is 8.92. The molecule has 0 spiro atoms. The molecule has 0 unspecified atom stereocenters. The van der Waals surface area contributed by atoms with Crippen molar-refractivity contribution in [3.63, 3.8) is 0 Å². The van der Waals surface area contributed by atoms with Crippen molar-refractivity contribution < 1.29 is 69.5 Å². The molecule has 2 aliphatic carbocycles. The van der Waals surface area contributed by atoms with Gasteiger partial charge in [0, 0.05) is 45.5 Å². The van der Waals surface area contributed by atoms with Crippen LogP contribution >= 0.6 is 0 Å². The van der Waals surface area contributed by atoms with Gasteiger partial charge in [0.05, 0.1) is 28.9 Å². The van der Waals surface area contributed by atoms with Gasteiger partial charge in [-0.3, -0.25) is 19.2 Å². The molecule has 0 amide bonds. The second-order valence-electron chi connectivity index (χ2n) is 12.1. The molecule has 0 saturated carbocycles. The number of aliphatic hydroxyl groups is 3. The Morgan fingerprint density at radius 3 is 1.49 bits per heavy atom. The van der Waals surface area contributed by atoms with Crippen LogP contribution in [0.1, 0.15) is 74.8 Å². The zero-order chi connectivity index (χ0) is 35.4. The summed E-state index contributed by atoms with van der Waals surface area (Å²) in [6.07, 6.45) is -6.60. The summed E-state index contributed by atoms with van der Waals surface area (Å²) in [5.41, 5.74) is -4.60. The fraction of sp³-hybridized carbons (Fsp3) is 0.200. The average Bonchev–Trinajstić information content (AvgIpc) is 3.29. The molecule has 49 heavy (non-hydrogen) atoms. The predicted octanol–water partition coefficient (Wildman–Crippen LogP) is 1.87. The largest absolute Gasteiger partial charge is 0.507 e. The van der Waals surface area contributed by atoms with Gasteiger partial charge in [0.1, 0.15) is 52.8 Å². The fourth-order valence-corrected chi connectivity index (χ4v) is 6.79. The molecule has 8 N–H and O–H groups in total. The van der Waals surface area contributed by atoms with Gasteiger partial charge in [-0.1, -0.05) is 0 Å². The number of aryl methyl sites for hydroxylation is 2. The molecule has 14 nitrogen and oxygen atoms in total. The molecule has 0 bridgehead atoms. The summed E-state index contributed by atoms with van der Waals surface area (Å²) in [7, 11) is 0. The molecule has 14 heteroatoms. The van der Waals surface area contributed by atoms with Crippen LogP contribution in [0.15, 0.2) is 36.4 Å². The Morgan fingerprint density at radius 1 is 0.551 bits per heavy atom. The predicted molar refractivity (Wildman–Crippen MR) is 165 cm³/mol. The number of aliphatic hydroxyl groups excluding tert-OH is 3. The van der Waals surface area contributed by atoms with Crippen LogP contribution in [0.3, 0.4) is 0 Å². The van der Waals surface area contributed by atoms with E-state index in [0.29, 0.717) is 17.2 Å². The quantitative estimate of drug-likeness (QED) is 0.133. The van der Waals surface area contributed by atoms with Crippen LogP contribution in [-0.2, 0) is 4.74 Å². The molecule has 0 radical (unpaired) electrons. The maximum absolute atomic E-state index is 14.4. The van der Waals surface area contributed by atoms with Gasteiger partial charge in [0.15, 0.2) is 11.6 Å². The molecule has 1 saturated heterocycles. The van der Waals surface area contributed by atoms with Crippen molar-refractivity contribution in [2.75, 3.05) is 6.61 Å². The van der Waals surface area contributed by atoms with Gasteiger partial charge in [-0.25, -0.2) is 0 Å². The lowest BCUT2D eigenvalue weighted by atomic mass is 9.74. The first-order chi connectivity index (χ1) is 23.2. The van der Waals surface area contributed by atoms with E-state index in [2.05, 4.69) is 0 Å². The molecule has 4 aromatic rings. The van der Waals surface area contributed by atoms with Crippen LogP contribution in [0.5, 0.6) is 34.5 Å². The Morgan fingerprint density at radius 2 is 1.00 bits per heavy atom. The Bertz CT molecular complexity index is 2220. The minimum Gasteiger partial charge on any atom is -0.507 e. The number of carbonyl (C=O) groups is 4. The second kappa shape index (κ2) is 10.9. The minimum absolute atomic E-state index is 0.312. The monoisotopic (exact) mass is 670 g/mol. The number of phenols is 5. The molecule has 250 valence electrons. The number of aromatic hydroxyl groups is 5. The second-order valence-corrected chi connectivity index (χ2v) is 12.1. The van der Waals surface area contributed by atoms with E-state index < -0.39 is 133 Å². The van der Waals surface area contributed by atoms with Crippen LogP contribution in [0.2, 0.25) is 0 Å². The lowest BCUT2D eigenvalue weighted by molar-refractivity contribution is -0.116. The first-order valence-corrected chi connectivity index (χ1v) is 14.8. The Balaban J connectivity index is 1.59. The third kappa shape index (κ3) is 4.42. The molecular formula is C35H26O14. The van der Waals surface area contributed by atoms with Crippen molar-refractivity contribution in [3.8, 4) is 45.6 Å². The van der Waals surface area contributed by atoms with Crippen LogP contribution in [0, 0.1) is 13.8 Å². The van der Waals surface area contributed by atoms with Crippen molar-refractivity contribution in [1.29, 1.82) is 0 Å². The molecule has 1 aliphatic heterocycles. The first-order valence-electron chi connectivity index (χ1n) is 14.8. The van der Waals surface area contributed by atoms with E-state index in [4.69, 9.17) is 9.47 Å². The molecule has 3 aliphatic rings. The number of hydrogen-bond acceptors (Lipinski definition) is 14. The first kappa shape index (κ1) is 31.8. The third-order valence-electron chi connectivity index (χ3n) is 8.92. The SMILES string of the molecule is Cc1cc(O)c2c(c1)C(=O)c1c(c(O)cc(O)c1-c1c(O[C@@H]3O[C@H](CO)[C@H](O)[C@H]3O)cc(O)c3c1C(=O)c1cc(C)cc(O)c1C3=O)C2=O. The van der Waals surface area contributed by atoms with Crippen LogP contribution in [0.4, 0.5) is 0 Å². The minimum atomic E-state index is -1.82. The molecule has 1 fully saturated rings. The smallest absolute Gasteiger partial charge is 0.229 e. The normalized spacial score (nSPS) is 20.9. The maximum Gasteiger partial charge on any atom is 0.229 e. The highest BCUT2D eigenvalue weighted by molar-refractivity contribution is 6.35. The summed E-state index contributed by atoms with van der Waals surface area (Å²) in [4.78, 5) is 56.4. The zero-order valence-corrected chi connectivity index (χ0v) is 25.5. The van der Waals surface area contributed by atoms with Gasteiger partial charge in [0.25, 0.3) is 0 Å². The standard InChI is InChI=1S/C35H26O14/c1-10-3-12-21(14(37)5-10)32(45)24-17(40)7-16(39)23(27(24)29(12)42)26-19(48-35-34(47)31(44)20(9-36)49-35)8-18(41)25-28(26)30(43)13-4-11(2)6-15(38)22(13)33(25)46/h3-8,20,31,34-41,44,47H,9H2,1-2H3/t20-,31+,34-,35-/m1/s1. The lowest BCUT2D eigenvalue weighted by Crippen LogP contribution is -2.35. The molecule has 4 atom stereocenters. The number of rotatable bonds is 4. The van der Waals surface area contributed by atoms with Crippen molar-refractivity contribution in [3.05, 3.63) is 92.0 Å². The summed E-state index contributed by atoms with van der Waals surface area (Å²) < 4.78 is 11.3. The molecule has 4 aromatic carbocycles. The van der Waals surface area contributed by atoms with E-state index in [-0.39, 0.29) is 11.1 Å². The van der Waals surface area contributed by atoms with Crippen LogP contribution < -0.4 is 4.74 Å².